The van der Waals surface area contributed by atoms with Gasteiger partial charge in [0.25, 0.3) is 0 Å². The van der Waals surface area contributed by atoms with E-state index in [2.05, 4.69) is 16.0 Å². The average Bonchev–Trinajstić information content (AvgIpc) is 2.31. The van der Waals surface area contributed by atoms with Crippen molar-refractivity contribution in [1.29, 1.82) is 5.26 Å². The Kier molecular flexibility index (Phi) is 3.28. The van der Waals surface area contributed by atoms with Crippen molar-refractivity contribution in [2.24, 2.45) is 0 Å². The van der Waals surface area contributed by atoms with Gasteiger partial charge >= 0.3 is 0 Å². The molecule has 0 radical (unpaired) electrons. The first-order valence-corrected chi connectivity index (χ1v) is 5.02. The number of rotatable bonds is 2. The van der Waals surface area contributed by atoms with Crippen LogP contribution in [-0.2, 0) is 11.3 Å². The molecule has 4 nitrogen and oxygen atoms in total. The maximum Gasteiger partial charge on any atom is 0.101 e. The van der Waals surface area contributed by atoms with E-state index in [1.807, 2.05) is 12.3 Å². The van der Waals surface area contributed by atoms with Gasteiger partial charge in [-0.3, -0.25) is 9.88 Å². The number of aromatic nitrogens is 1. The fraction of sp³-hybridized carbons (Fsp3) is 0.455. The monoisotopic (exact) mass is 203 g/mol. The molecule has 0 amide bonds. The van der Waals surface area contributed by atoms with Crippen molar-refractivity contribution >= 4 is 0 Å². The fourth-order valence-electron chi connectivity index (χ4n) is 1.65. The van der Waals surface area contributed by atoms with E-state index in [0.29, 0.717) is 5.56 Å². The normalized spacial score (nSPS) is 17.3. The highest BCUT2D eigenvalue weighted by atomic mass is 16.5. The summed E-state index contributed by atoms with van der Waals surface area (Å²) in [5, 5.41) is 8.74. The molecule has 1 fully saturated rings. The summed E-state index contributed by atoms with van der Waals surface area (Å²) in [7, 11) is 0. The highest BCUT2D eigenvalue weighted by molar-refractivity contribution is 5.28. The van der Waals surface area contributed by atoms with Crippen molar-refractivity contribution in [3.05, 3.63) is 29.6 Å². The van der Waals surface area contributed by atoms with Crippen LogP contribution in [0.1, 0.15) is 11.1 Å². The Hall–Kier alpha value is -1.44. The zero-order valence-corrected chi connectivity index (χ0v) is 8.52. The Morgan fingerprint density at radius 3 is 2.93 bits per heavy atom. The molecule has 1 aromatic heterocycles. The van der Waals surface area contributed by atoms with Crippen molar-refractivity contribution in [1.82, 2.24) is 9.88 Å². The molecule has 2 rings (SSSR count). The van der Waals surface area contributed by atoms with Crippen LogP contribution in [-0.4, -0.2) is 36.2 Å². The molecule has 0 spiro atoms. The molecule has 0 bridgehead atoms. The van der Waals surface area contributed by atoms with Gasteiger partial charge in [-0.15, -0.1) is 0 Å². The molecular formula is C11H13N3O. The standard InChI is InChI=1S/C11H13N3O/c12-6-10-5-11(8-13-7-10)9-14-1-3-15-4-2-14/h5,7-8H,1-4,9H2. The van der Waals surface area contributed by atoms with Crippen molar-refractivity contribution in [3.63, 3.8) is 0 Å². The zero-order valence-electron chi connectivity index (χ0n) is 8.52. The van der Waals surface area contributed by atoms with Gasteiger partial charge in [0.05, 0.1) is 18.8 Å². The van der Waals surface area contributed by atoms with Crippen LogP contribution in [0.4, 0.5) is 0 Å². The van der Waals surface area contributed by atoms with Gasteiger partial charge in [0.2, 0.25) is 0 Å². The predicted octanol–water partition coefficient (Wildman–Crippen LogP) is 0.785. The van der Waals surface area contributed by atoms with E-state index < -0.39 is 0 Å². The topological polar surface area (TPSA) is 49.2 Å². The Bertz CT molecular complexity index is 366. The highest BCUT2D eigenvalue weighted by Crippen LogP contribution is 2.07. The molecular weight excluding hydrogens is 190 g/mol. The molecule has 0 aliphatic carbocycles. The van der Waals surface area contributed by atoms with E-state index in [9.17, 15) is 0 Å². The smallest absolute Gasteiger partial charge is 0.101 e. The van der Waals surface area contributed by atoms with Crippen LogP contribution in [0.2, 0.25) is 0 Å². The van der Waals surface area contributed by atoms with E-state index in [0.717, 1.165) is 38.4 Å². The number of ether oxygens (including phenoxy) is 1. The van der Waals surface area contributed by atoms with Crippen LogP contribution in [0.5, 0.6) is 0 Å². The summed E-state index contributed by atoms with van der Waals surface area (Å²) < 4.78 is 5.27. The van der Waals surface area contributed by atoms with E-state index in [-0.39, 0.29) is 0 Å². The zero-order chi connectivity index (χ0) is 10.5. The Balaban J connectivity index is 2.00. The second-order valence-electron chi connectivity index (χ2n) is 3.58. The summed E-state index contributed by atoms with van der Waals surface area (Å²) in [5.74, 6) is 0. The number of pyridine rings is 1. The van der Waals surface area contributed by atoms with Crippen LogP contribution in [0.3, 0.4) is 0 Å². The lowest BCUT2D eigenvalue weighted by atomic mass is 10.2. The number of nitriles is 1. The van der Waals surface area contributed by atoms with Crippen LogP contribution in [0.25, 0.3) is 0 Å². The maximum atomic E-state index is 8.74. The molecule has 0 aromatic carbocycles. The molecule has 0 unspecified atom stereocenters. The largest absolute Gasteiger partial charge is 0.379 e. The van der Waals surface area contributed by atoms with E-state index >= 15 is 0 Å². The lowest BCUT2D eigenvalue weighted by Gasteiger charge is -2.26. The first-order chi connectivity index (χ1) is 7.38. The van der Waals surface area contributed by atoms with Gasteiger partial charge in [0, 0.05) is 32.0 Å². The summed E-state index contributed by atoms with van der Waals surface area (Å²) in [4.78, 5) is 6.35. The third-order valence-electron chi connectivity index (χ3n) is 2.43. The van der Waals surface area contributed by atoms with Crippen LogP contribution in [0.15, 0.2) is 18.5 Å². The predicted molar refractivity (Wildman–Crippen MR) is 55.0 cm³/mol. The third-order valence-corrected chi connectivity index (χ3v) is 2.43. The second kappa shape index (κ2) is 4.87. The van der Waals surface area contributed by atoms with E-state index in [4.69, 9.17) is 10.00 Å². The minimum Gasteiger partial charge on any atom is -0.379 e. The minimum absolute atomic E-state index is 0.626. The van der Waals surface area contributed by atoms with Crippen LogP contribution >= 0.6 is 0 Å². The molecule has 2 heterocycles. The lowest BCUT2D eigenvalue weighted by Crippen LogP contribution is -2.35. The molecule has 0 N–H and O–H groups in total. The molecule has 0 saturated carbocycles. The highest BCUT2D eigenvalue weighted by Gasteiger charge is 2.10. The summed E-state index contributed by atoms with van der Waals surface area (Å²) in [5.41, 5.74) is 1.72. The number of nitrogens with zero attached hydrogens (tertiary/aromatic N) is 3. The van der Waals surface area contributed by atoms with E-state index in [1.54, 1.807) is 6.20 Å². The van der Waals surface area contributed by atoms with Gasteiger partial charge in [-0.05, 0) is 11.6 Å². The Morgan fingerprint density at radius 2 is 2.20 bits per heavy atom. The first kappa shape index (κ1) is 10.1. The lowest BCUT2D eigenvalue weighted by molar-refractivity contribution is 0.0341. The quantitative estimate of drug-likeness (QED) is 0.713. The first-order valence-electron chi connectivity index (χ1n) is 5.02. The Labute approximate surface area is 89.1 Å². The van der Waals surface area contributed by atoms with Crippen molar-refractivity contribution in [3.8, 4) is 6.07 Å². The molecule has 15 heavy (non-hydrogen) atoms. The molecule has 1 aliphatic heterocycles. The maximum absolute atomic E-state index is 8.74. The van der Waals surface area contributed by atoms with Gasteiger partial charge < -0.3 is 4.74 Å². The number of hydrogen-bond acceptors (Lipinski definition) is 4. The summed E-state index contributed by atoms with van der Waals surface area (Å²) in [6.07, 6.45) is 3.40. The molecule has 4 heteroatoms. The summed E-state index contributed by atoms with van der Waals surface area (Å²) in [6.45, 7) is 4.36. The van der Waals surface area contributed by atoms with Crippen molar-refractivity contribution in [2.75, 3.05) is 26.3 Å². The van der Waals surface area contributed by atoms with Crippen molar-refractivity contribution < 1.29 is 4.74 Å². The molecule has 0 atom stereocenters. The summed E-state index contributed by atoms with van der Waals surface area (Å²) in [6, 6.07) is 3.99. The van der Waals surface area contributed by atoms with Crippen LogP contribution < -0.4 is 0 Å². The average molecular weight is 203 g/mol. The minimum atomic E-state index is 0.626. The van der Waals surface area contributed by atoms with Gasteiger partial charge in [0.15, 0.2) is 0 Å². The SMILES string of the molecule is N#Cc1cncc(CN2CCOCC2)c1. The second-order valence-corrected chi connectivity index (χ2v) is 3.58. The molecule has 78 valence electrons. The van der Waals surface area contributed by atoms with Crippen LogP contribution in [0, 0.1) is 11.3 Å². The number of morpholine rings is 1. The fourth-order valence-corrected chi connectivity index (χ4v) is 1.65. The van der Waals surface area contributed by atoms with Crippen molar-refractivity contribution in [2.45, 2.75) is 6.54 Å². The Morgan fingerprint density at radius 1 is 1.40 bits per heavy atom. The molecule has 1 aromatic rings. The van der Waals surface area contributed by atoms with Gasteiger partial charge in [-0.25, -0.2) is 0 Å². The molecule has 1 saturated heterocycles. The van der Waals surface area contributed by atoms with E-state index in [1.165, 1.54) is 0 Å². The van der Waals surface area contributed by atoms with Gasteiger partial charge in [0.1, 0.15) is 6.07 Å². The summed E-state index contributed by atoms with van der Waals surface area (Å²) >= 11 is 0. The number of hydrogen-bond donors (Lipinski definition) is 0. The van der Waals surface area contributed by atoms with Gasteiger partial charge in [-0.2, -0.15) is 5.26 Å². The molecule has 1 aliphatic rings. The third kappa shape index (κ3) is 2.75. The van der Waals surface area contributed by atoms with Gasteiger partial charge in [-0.1, -0.05) is 0 Å².